The third-order valence-electron chi connectivity index (χ3n) is 6.05. The van der Waals surface area contributed by atoms with E-state index in [9.17, 15) is 9.59 Å². The normalized spacial score (nSPS) is 13.9. The van der Waals surface area contributed by atoms with Crippen LogP contribution in [0.4, 0.5) is 5.69 Å². The lowest BCUT2D eigenvalue weighted by Gasteiger charge is -2.22. The molecular weight excluding hydrogens is 428 g/mol. The molecule has 1 fully saturated rings. The highest BCUT2D eigenvalue weighted by atomic mass is 16.5. The Balaban J connectivity index is 1.38. The van der Waals surface area contributed by atoms with Crippen LogP contribution in [-0.4, -0.2) is 36.6 Å². The average molecular weight is 459 g/mol. The van der Waals surface area contributed by atoms with E-state index >= 15 is 0 Å². The predicted molar refractivity (Wildman–Crippen MR) is 132 cm³/mol. The van der Waals surface area contributed by atoms with Crippen LogP contribution < -0.4 is 16.4 Å². The SMILES string of the molecule is NC(=O)c1cnc(Cc2ccc(C(=O)NCC3CCOCC3)cc2)cc1NCc1ccccc1. The van der Waals surface area contributed by atoms with E-state index in [1.165, 1.54) is 6.20 Å². The Bertz CT molecular complexity index is 1110. The molecule has 0 atom stereocenters. The number of anilines is 1. The molecule has 176 valence electrons. The van der Waals surface area contributed by atoms with E-state index < -0.39 is 5.91 Å². The second-order valence-corrected chi connectivity index (χ2v) is 8.56. The Labute approximate surface area is 199 Å². The molecule has 2 amide bonds. The number of hydrogen-bond acceptors (Lipinski definition) is 5. The van der Waals surface area contributed by atoms with Gasteiger partial charge in [-0.25, -0.2) is 0 Å². The van der Waals surface area contributed by atoms with Gasteiger partial charge in [-0.2, -0.15) is 0 Å². The third kappa shape index (κ3) is 6.42. The quantitative estimate of drug-likeness (QED) is 0.455. The number of aromatic nitrogens is 1. The first-order valence-corrected chi connectivity index (χ1v) is 11.6. The monoisotopic (exact) mass is 458 g/mol. The van der Waals surface area contributed by atoms with E-state index in [1.54, 1.807) is 0 Å². The van der Waals surface area contributed by atoms with E-state index in [2.05, 4.69) is 15.6 Å². The maximum absolute atomic E-state index is 12.5. The van der Waals surface area contributed by atoms with Gasteiger partial charge in [-0.3, -0.25) is 14.6 Å². The first-order chi connectivity index (χ1) is 16.6. The molecule has 4 rings (SSSR count). The highest BCUT2D eigenvalue weighted by Gasteiger charge is 2.15. The molecule has 34 heavy (non-hydrogen) atoms. The van der Waals surface area contributed by atoms with Gasteiger partial charge in [-0.15, -0.1) is 0 Å². The van der Waals surface area contributed by atoms with Crippen molar-refractivity contribution in [2.24, 2.45) is 11.7 Å². The minimum absolute atomic E-state index is 0.0608. The molecule has 0 unspecified atom stereocenters. The van der Waals surface area contributed by atoms with E-state index in [4.69, 9.17) is 10.5 Å². The van der Waals surface area contributed by atoms with Gasteiger partial charge < -0.3 is 21.1 Å². The lowest BCUT2D eigenvalue weighted by atomic mass is 10.00. The Morgan fingerprint density at radius 2 is 1.74 bits per heavy atom. The number of hydrogen-bond donors (Lipinski definition) is 3. The smallest absolute Gasteiger partial charge is 0.252 e. The molecule has 0 saturated carbocycles. The second kappa shape index (κ2) is 11.4. The summed E-state index contributed by atoms with van der Waals surface area (Å²) in [6, 6.07) is 19.3. The summed E-state index contributed by atoms with van der Waals surface area (Å²) in [7, 11) is 0. The maximum Gasteiger partial charge on any atom is 0.252 e. The fourth-order valence-corrected chi connectivity index (χ4v) is 4.00. The van der Waals surface area contributed by atoms with Crippen LogP contribution in [0, 0.1) is 5.92 Å². The van der Waals surface area contributed by atoms with Crippen LogP contribution in [0.1, 0.15) is 50.4 Å². The van der Waals surface area contributed by atoms with Gasteiger partial charge in [-0.1, -0.05) is 42.5 Å². The zero-order chi connectivity index (χ0) is 23.8. The van der Waals surface area contributed by atoms with Crippen molar-refractivity contribution in [2.75, 3.05) is 25.1 Å². The number of carbonyl (C=O) groups is 2. The third-order valence-corrected chi connectivity index (χ3v) is 6.05. The van der Waals surface area contributed by atoms with E-state index in [1.807, 2.05) is 60.7 Å². The number of amides is 2. The Kier molecular flexibility index (Phi) is 7.88. The van der Waals surface area contributed by atoms with E-state index in [0.29, 0.717) is 42.2 Å². The number of benzene rings is 2. The van der Waals surface area contributed by atoms with Crippen molar-refractivity contribution in [3.63, 3.8) is 0 Å². The topological polar surface area (TPSA) is 106 Å². The molecule has 1 aliphatic heterocycles. The summed E-state index contributed by atoms with van der Waals surface area (Å²) in [5, 5.41) is 6.33. The van der Waals surface area contributed by atoms with Crippen molar-refractivity contribution < 1.29 is 14.3 Å². The van der Waals surface area contributed by atoms with E-state index in [-0.39, 0.29) is 5.91 Å². The van der Waals surface area contributed by atoms with Gasteiger partial charge in [0.05, 0.1) is 11.3 Å². The van der Waals surface area contributed by atoms with Crippen molar-refractivity contribution in [2.45, 2.75) is 25.8 Å². The van der Waals surface area contributed by atoms with Gasteiger partial charge in [0, 0.05) is 50.2 Å². The molecule has 4 N–H and O–H groups in total. The molecule has 0 radical (unpaired) electrons. The highest BCUT2D eigenvalue weighted by Crippen LogP contribution is 2.19. The van der Waals surface area contributed by atoms with Gasteiger partial charge in [0.1, 0.15) is 0 Å². The molecule has 1 saturated heterocycles. The summed E-state index contributed by atoms with van der Waals surface area (Å²) in [6.45, 7) is 2.79. The Morgan fingerprint density at radius 1 is 1.00 bits per heavy atom. The lowest BCUT2D eigenvalue weighted by molar-refractivity contribution is 0.0642. The standard InChI is InChI=1S/C27H30N4O3/c28-26(32)24-18-29-23(15-25(24)30-16-20-4-2-1-3-5-20)14-19-6-8-22(9-7-19)27(33)31-17-21-10-12-34-13-11-21/h1-9,15,18,21H,10-14,16-17H2,(H2,28,32)(H,29,30)(H,31,33). The van der Waals surface area contributed by atoms with Crippen molar-refractivity contribution in [1.82, 2.24) is 10.3 Å². The maximum atomic E-state index is 12.5. The largest absolute Gasteiger partial charge is 0.381 e. The summed E-state index contributed by atoms with van der Waals surface area (Å²) < 4.78 is 5.37. The number of pyridine rings is 1. The van der Waals surface area contributed by atoms with E-state index in [0.717, 1.165) is 42.9 Å². The molecule has 7 nitrogen and oxygen atoms in total. The highest BCUT2D eigenvalue weighted by molar-refractivity contribution is 5.98. The van der Waals surface area contributed by atoms with Crippen LogP contribution in [0.5, 0.6) is 0 Å². The minimum atomic E-state index is -0.522. The van der Waals surface area contributed by atoms with Crippen LogP contribution >= 0.6 is 0 Å². The van der Waals surface area contributed by atoms with Crippen LogP contribution in [0.2, 0.25) is 0 Å². The summed E-state index contributed by atoms with van der Waals surface area (Å²) >= 11 is 0. The fraction of sp³-hybridized carbons (Fsp3) is 0.296. The summed E-state index contributed by atoms with van der Waals surface area (Å²) in [5.41, 5.74) is 10.1. The molecule has 2 heterocycles. The fourth-order valence-electron chi connectivity index (χ4n) is 4.00. The number of primary amides is 1. The van der Waals surface area contributed by atoms with Gasteiger partial charge >= 0.3 is 0 Å². The number of nitrogens with one attached hydrogen (secondary N) is 2. The molecule has 3 aromatic rings. The van der Waals surface area contributed by atoms with Crippen molar-refractivity contribution >= 4 is 17.5 Å². The molecule has 2 aromatic carbocycles. The predicted octanol–water partition coefficient (Wildman–Crippen LogP) is 3.54. The summed E-state index contributed by atoms with van der Waals surface area (Å²) in [6.07, 6.45) is 4.07. The minimum Gasteiger partial charge on any atom is -0.381 e. The number of nitrogens with zero attached hydrogens (tertiary/aromatic N) is 1. The lowest BCUT2D eigenvalue weighted by Crippen LogP contribution is -2.32. The van der Waals surface area contributed by atoms with Crippen LogP contribution in [-0.2, 0) is 17.7 Å². The summed E-state index contributed by atoms with van der Waals surface area (Å²) in [5.74, 6) is -0.101. The average Bonchev–Trinajstić information content (AvgIpc) is 2.87. The second-order valence-electron chi connectivity index (χ2n) is 8.56. The van der Waals surface area contributed by atoms with Crippen LogP contribution in [0.15, 0.2) is 66.9 Å². The first-order valence-electron chi connectivity index (χ1n) is 11.6. The summed E-state index contributed by atoms with van der Waals surface area (Å²) in [4.78, 5) is 28.8. The number of carbonyl (C=O) groups excluding carboxylic acids is 2. The number of nitrogens with two attached hydrogens (primary N) is 1. The van der Waals surface area contributed by atoms with Gasteiger partial charge in [-0.05, 0) is 48.1 Å². The van der Waals surface area contributed by atoms with Crippen molar-refractivity contribution in [3.8, 4) is 0 Å². The molecule has 0 spiro atoms. The molecule has 0 bridgehead atoms. The first kappa shape index (κ1) is 23.4. The number of rotatable bonds is 9. The molecule has 1 aromatic heterocycles. The van der Waals surface area contributed by atoms with Crippen molar-refractivity contribution in [3.05, 3.63) is 94.8 Å². The number of ether oxygens (including phenoxy) is 1. The van der Waals surface area contributed by atoms with Gasteiger partial charge in [0.25, 0.3) is 11.8 Å². The van der Waals surface area contributed by atoms with Crippen LogP contribution in [0.3, 0.4) is 0 Å². The molecule has 7 heteroatoms. The van der Waals surface area contributed by atoms with Crippen LogP contribution in [0.25, 0.3) is 0 Å². The molecular formula is C27H30N4O3. The van der Waals surface area contributed by atoms with Gasteiger partial charge in [0.15, 0.2) is 0 Å². The Morgan fingerprint density at radius 3 is 2.44 bits per heavy atom. The molecule has 1 aliphatic rings. The zero-order valence-corrected chi connectivity index (χ0v) is 19.1. The zero-order valence-electron chi connectivity index (χ0n) is 19.1. The van der Waals surface area contributed by atoms with Gasteiger partial charge in [0.2, 0.25) is 0 Å². The Hall–Kier alpha value is -3.71. The molecule has 0 aliphatic carbocycles. The van der Waals surface area contributed by atoms with Crippen molar-refractivity contribution in [1.29, 1.82) is 0 Å².